The minimum Gasteiger partial charge on any atom is -0.376 e. The minimum atomic E-state index is -0.261. The lowest BCUT2D eigenvalue weighted by molar-refractivity contribution is 0.568. The van der Waals surface area contributed by atoms with E-state index in [1.165, 1.54) is 4.68 Å². The summed E-state index contributed by atoms with van der Waals surface area (Å²) in [5.41, 5.74) is 0.284. The van der Waals surface area contributed by atoms with Crippen molar-refractivity contribution in [3.63, 3.8) is 0 Å². The Hall–Kier alpha value is -1.40. The van der Waals surface area contributed by atoms with Crippen molar-refractivity contribution >= 4 is 28.6 Å². The quantitative estimate of drug-likeness (QED) is 0.916. The molecule has 0 saturated heterocycles. The van der Waals surface area contributed by atoms with Gasteiger partial charge < -0.3 is 5.32 Å². The number of halogens is 1. The molecule has 0 unspecified atom stereocenters. The SMILES string of the molecule is CCCn1ncc(NCc2nccs2)c(Cl)c1=O. The number of hydrogen-bond donors (Lipinski definition) is 1. The molecule has 0 bridgehead atoms. The van der Waals surface area contributed by atoms with Crippen LogP contribution < -0.4 is 10.9 Å². The van der Waals surface area contributed by atoms with Gasteiger partial charge in [0.15, 0.2) is 0 Å². The van der Waals surface area contributed by atoms with Gasteiger partial charge in [0.25, 0.3) is 5.56 Å². The van der Waals surface area contributed by atoms with Gasteiger partial charge in [0, 0.05) is 18.1 Å². The number of nitrogens with one attached hydrogen (secondary N) is 1. The van der Waals surface area contributed by atoms with Crippen molar-refractivity contribution < 1.29 is 0 Å². The number of hydrogen-bond acceptors (Lipinski definition) is 5. The molecule has 0 spiro atoms. The highest BCUT2D eigenvalue weighted by atomic mass is 35.5. The standard InChI is InChI=1S/C11H13ClN4OS/c1-2-4-16-11(17)10(12)8(6-15-16)14-7-9-13-3-5-18-9/h3,5-6,14H,2,4,7H2,1H3. The summed E-state index contributed by atoms with van der Waals surface area (Å²) in [5.74, 6) is 0. The monoisotopic (exact) mass is 284 g/mol. The first-order valence-electron chi connectivity index (χ1n) is 5.60. The van der Waals surface area contributed by atoms with Crippen molar-refractivity contribution in [3.8, 4) is 0 Å². The Balaban J connectivity index is 2.14. The van der Waals surface area contributed by atoms with E-state index in [1.807, 2.05) is 12.3 Å². The van der Waals surface area contributed by atoms with Crippen LogP contribution in [0.1, 0.15) is 18.4 Å². The Morgan fingerprint density at radius 3 is 3.06 bits per heavy atom. The molecule has 0 amide bonds. The Bertz CT molecular complexity index is 567. The number of thiazole rings is 1. The van der Waals surface area contributed by atoms with Gasteiger partial charge in [-0.2, -0.15) is 5.10 Å². The Morgan fingerprint density at radius 1 is 1.56 bits per heavy atom. The summed E-state index contributed by atoms with van der Waals surface area (Å²) in [6.45, 7) is 3.10. The number of anilines is 1. The normalized spacial score (nSPS) is 10.6. The number of aromatic nitrogens is 3. The van der Waals surface area contributed by atoms with E-state index in [9.17, 15) is 4.79 Å². The predicted molar refractivity (Wildman–Crippen MR) is 73.2 cm³/mol. The van der Waals surface area contributed by atoms with Crippen LogP contribution in [0.25, 0.3) is 0 Å². The molecule has 0 aromatic carbocycles. The second-order valence-electron chi connectivity index (χ2n) is 3.68. The fraction of sp³-hybridized carbons (Fsp3) is 0.364. The average molecular weight is 285 g/mol. The second-order valence-corrected chi connectivity index (χ2v) is 5.04. The molecule has 2 aromatic heterocycles. The average Bonchev–Trinajstić information content (AvgIpc) is 2.87. The van der Waals surface area contributed by atoms with E-state index in [0.717, 1.165) is 11.4 Å². The summed E-state index contributed by atoms with van der Waals surface area (Å²) in [6.07, 6.45) is 4.16. The Kier molecular flexibility index (Phi) is 4.33. The fourth-order valence-corrected chi connectivity index (χ4v) is 2.24. The van der Waals surface area contributed by atoms with Crippen LogP contribution in [0.15, 0.2) is 22.6 Å². The van der Waals surface area contributed by atoms with Crippen LogP contribution in [0.4, 0.5) is 5.69 Å². The van der Waals surface area contributed by atoms with E-state index in [-0.39, 0.29) is 10.6 Å². The zero-order chi connectivity index (χ0) is 13.0. The second kappa shape index (κ2) is 5.97. The molecule has 0 aliphatic carbocycles. The van der Waals surface area contributed by atoms with Crippen LogP contribution in [-0.4, -0.2) is 14.8 Å². The predicted octanol–water partition coefficient (Wildman–Crippen LogP) is 2.38. The molecule has 2 rings (SSSR count). The third kappa shape index (κ3) is 2.88. The summed E-state index contributed by atoms with van der Waals surface area (Å²) in [7, 11) is 0. The lowest BCUT2D eigenvalue weighted by atomic mass is 10.4. The summed E-state index contributed by atoms with van der Waals surface area (Å²) >= 11 is 7.56. The number of nitrogens with zero attached hydrogens (tertiary/aromatic N) is 3. The van der Waals surface area contributed by atoms with Crippen LogP contribution in [0.3, 0.4) is 0 Å². The highest BCUT2D eigenvalue weighted by Crippen LogP contribution is 2.16. The lowest BCUT2D eigenvalue weighted by Crippen LogP contribution is -2.24. The van der Waals surface area contributed by atoms with Crippen LogP contribution in [0.2, 0.25) is 5.02 Å². The van der Waals surface area contributed by atoms with Gasteiger partial charge in [-0.1, -0.05) is 18.5 Å². The van der Waals surface area contributed by atoms with Crippen molar-refractivity contribution in [1.82, 2.24) is 14.8 Å². The van der Waals surface area contributed by atoms with Crippen molar-refractivity contribution in [1.29, 1.82) is 0 Å². The molecule has 7 heteroatoms. The summed E-state index contributed by atoms with van der Waals surface area (Å²) in [5, 5.41) is 10.1. The smallest absolute Gasteiger partial charge is 0.287 e. The third-order valence-corrected chi connectivity index (χ3v) is 3.48. The van der Waals surface area contributed by atoms with Gasteiger partial charge in [0.05, 0.1) is 18.4 Å². The van der Waals surface area contributed by atoms with Crippen LogP contribution in [-0.2, 0) is 13.1 Å². The van der Waals surface area contributed by atoms with Crippen LogP contribution in [0, 0.1) is 0 Å². The van der Waals surface area contributed by atoms with Gasteiger partial charge in [0.2, 0.25) is 0 Å². The van der Waals surface area contributed by atoms with E-state index in [2.05, 4.69) is 15.4 Å². The lowest BCUT2D eigenvalue weighted by Gasteiger charge is -2.08. The first-order chi connectivity index (χ1) is 8.72. The summed E-state index contributed by atoms with van der Waals surface area (Å²) in [6, 6.07) is 0. The molecule has 0 atom stereocenters. The molecule has 0 radical (unpaired) electrons. The van der Waals surface area contributed by atoms with Gasteiger partial charge in [0.1, 0.15) is 10.0 Å². The molecule has 18 heavy (non-hydrogen) atoms. The molecule has 0 saturated carbocycles. The van der Waals surface area contributed by atoms with Crippen LogP contribution in [0.5, 0.6) is 0 Å². The summed E-state index contributed by atoms with van der Waals surface area (Å²) in [4.78, 5) is 16.0. The first kappa shape index (κ1) is 13.0. The van der Waals surface area contributed by atoms with Crippen molar-refractivity contribution in [3.05, 3.63) is 38.2 Å². The molecular formula is C11H13ClN4OS. The zero-order valence-corrected chi connectivity index (χ0v) is 11.5. The van der Waals surface area contributed by atoms with E-state index < -0.39 is 0 Å². The van der Waals surface area contributed by atoms with E-state index >= 15 is 0 Å². The largest absolute Gasteiger partial charge is 0.376 e. The number of aryl methyl sites for hydroxylation is 1. The third-order valence-electron chi connectivity index (χ3n) is 2.33. The molecule has 2 heterocycles. The molecule has 5 nitrogen and oxygen atoms in total. The minimum absolute atomic E-state index is 0.176. The summed E-state index contributed by atoms with van der Waals surface area (Å²) < 4.78 is 1.37. The van der Waals surface area contributed by atoms with Crippen molar-refractivity contribution in [2.24, 2.45) is 0 Å². The van der Waals surface area contributed by atoms with Gasteiger partial charge >= 0.3 is 0 Å². The molecule has 0 aliphatic rings. The van der Waals surface area contributed by atoms with Crippen molar-refractivity contribution in [2.75, 3.05) is 5.32 Å². The maximum atomic E-state index is 11.9. The fourth-order valence-electron chi connectivity index (χ4n) is 1.47. The first-order valence-corrected chi connectivity index (χ1v) is 6.86. The van der Waals surface area contributed by atoms with Gasteiger partial charge in [-0.15, -0.1) is 11.3 Å². The maximum absolute atomic E-state index is 11.9. The Labute approximate surface area is 113 Å². The van der Waals surface area contributed by atoms with E-state index in [0.29, 0.717) is 18.8 Å². The van der Waals surface area contributed by atoms with Gasteiger partial charge in [-0.3, -0.25) is 4.79 Å². The molecule has 1 N–H and O–H groups in total. The highest BCUT2D eigenvalue weighted by molar-refractivity contribution is 7.09. The van der Waals surface area contributed by atoms with Gasteiger partial charge in [-0.25, -0.2) is 9.67 Å². The number of rotatable bonds is 5. The van der Waals surface area contributed by atoms with Crippen molar-refractivity contribution in [2.45, 2.75) is 26.4 Å². The highest BCUT2D eigenvalue weighted by Gasteiger charge is 2.08. The van der Waals surface area contributed by atoms with E-state index in [4.69, 9.17) is 11.6 Å². The molecule has 0 aliphatic heterocycles. The molecule has 96 valence electrons. The van der Waals surface area contributed by atoms with E-state index in [1.54, 1.807) is 23.7 Å². The van der Waals surface area contributed by atoms with Gasteiger partial charge in [-0.05, 0) is 6.42 Å². The topological polar surface area (TPSA) is 59.8 Å². The molecule has 2 aromatic rings. The van der Waals surface area contributed by atoms with Crippen LogP contribution >= 0.6 is 22.9 Å². The Morgan fingerprint density at radius 2 is 2.39 bits per heavy atom. The zero-order valence-electron chi connectivity index (χ0n) is 9.89. The molecular weight excluding hydrogens is 272 g/mol. The maximum Gasteiger partial charge on any atom is 0.287 e. The molecule has 0 fully saturated rings.